The van der Waals surface area contributed by atoms with E-state index in [1.165, 1.54) is 69.4 Å². The lowest BCUT2D eigenvalue weighted by molar-refractivity contribution is 0.275. The molecule has 41 heavy (non-hydrogen) atoms. The molecule has 1 nitrogen and oxygen atoms in total. The number of allylic oxidation sites excluding steroid dienone is 4. The summed E-state index contributed by atoms with van der Waals surface area (Å²) in [5.41, 5.74) is 11.7. The van der Waals surface area contributed by atoms with Crippen LogP contribution in [0.5, 0.6) is 5.75 Å². The molecule has 2 atom stereocenters. The van der Waals surface area contributed by atoms with Gasteiger partial charge in [0.15, 0.2) is 0 Å². The summed E-state index contributed by atoms with van der Waals surface area (Å²) in [6.07, 6.45) is 9.73. The van der Waals surface area contributed by atoms with Crippen LogP contribution in [0.3, 0.4) is 0 Å². The fraction of sp³-hybridized carbons (Fsp3) is 0.450. The van der Waals surface area contributed by atoms with E-state index >= 15 is 0 Å². The fourth-order valence-corrected chi connectivity index (χ4v) is 6.53. The Morgan fingerprint density at radius 2 is 1.39 bits per heavy atom. The monoisotopic (exact) mass is 548 g/mol. The van der Waals surface area contributed by atoms with Crippen LogP contribution in [-0.2, 0) is 5.41 Å². The first kappa shape index (κ1) is 30.9. The average molecular weight is 549 g/mol. The summed E-state index contributed by atoms with van der Waals surface area (Å²) in [6.45, 7) is 21.3. The van der Waals surface area contributed by atoms with Crippen LogP contribution in [0.2, 0.25) is 0 Å². The van der Waals surface area contributed by atoms with Crippen molar-refractivity contribution in [1.29, 1.82) is 0 Å². The van der Waals surface area contributed by atoms with E-state index in [1.54, 1.807) is 0 Å². The zero-order valence-electron chi connectivity index (χ0n) is 27.1. The summed E-state index contributed by atoms with van der Waals surface area (Å²) in [6, 6.07) is 23.0. The lowest BCUT2D eigenvalue weighted by Crippen LogP contribution is -2.30. The zero-order valence-corrected chi connectivity index (χ0v) is 27.1. The fourth-order valence-electron chi connectivity index (χ4n) is 6.53. The van der Waals surface area contributed by atoms with Crippen molar-refractivity contribution in [2.45, 2.75) is 93.4 Å². The Bertz CT molecular complexity index is 1380. The molecule has 0 amide bonds. The summed E-state index contributed by atoms with van der Waals surface area (Å²) < 4.78 is 6.28. The Morgan fingerprint density at radius 1 is 0.732 bits per heavy atom. The summed E-state index contributed by atoms with van der Waals surface area (Å²) in [5.74, 6) is 2.95. The topological polar surface area (TPSA) is 9.23 Å². The highest BCUT2D eigenvalue weighted by atomic mass is 16.5. The van der Waals surface area contributed by atoms with Gasteiger partial charge in [-0.3, -0.25) is 0 Å². The Hall–Kier alpha value is -3.06. The number of hydrogen-bond donors (Lipinski definition) is 0. The third-order valence-corrected chi connectivity index (χ3v) is 8.93. The second-order valence-electron chi connectivity index (χ2n) is 13.4. The first-order valence-corrected chi connectivity index (χ1v) is 15.9. The van der Waals surface area contributed by atoms with E-state index in [2.05, 4.69) is 135 Å². The molecule has 0 bridgehead atoms. The zero-order chi connectivity index (χ0) is 29.7. The van der Waals surface area contributed by atoms with Crippen molar-refractivity contribution in [1.82, 2.24) is 0 Å². The highest BCUT2D eigenvalue weighted by Crippen LogP contribution is 2.55. The van der Waals surface area contributed by atoms with Crippen molar-refractivity contribution >= 4 is 5.57 Å². The van der Waals surface area contributed by atoms with Crippen LogP contribution in [0.25, 0.3) is 5.57 Å². The van der Waals surface area contributed by atoms with E-state index < -0.39 is 0 Å². The Labute approximate surface area is 250 Å². The Kier molecular flexibility index (Phi) is 10.0. The van der Waals surface area contributed by atoms with Crippen LogP contribution >= 0.6 is 0 Å². The van der Waals surface area contributed by atoms with Crippen LogP contribution in [0, 0.1) is 38.5 Å². The molecule has 3 aromatic carbocycles. The SMILES string of the molecule is CC1=C(/C=C\C(C)C)c2ccc(C)cc2C1(c1ccc(OCCC(C)CCCC(C)C)cc1)c1cc(C)ccc1C. The van der Waals surface area contributed by atoms with E-state index in [0.29, 0.717) is 11.8 Å². The van der Waals surface area contributed by atoms with E-state index in [9.17, 15) is 0 Å². The minimum Gasteiger partial charge on any atom is -0.494 e. The molecule has 0 heterocycles. The molecule has 4 rings (SSSR count). The number of fused-ring (bicyclic) bond motifs is 1. The molecule has 0 saturated carbocycles. The predicted octanol–water partition coefficient (Wildman–Crippen LogP) is 11.2. The van der Waals surface area contributed by atoms with Crippen molar-refractivity contribution in [2.75, 3.05) is 6.61 Å². The third kappa shape index (κ3) is 6.72. The van der Waals surface area contributed by atoms with Gasteiger partial charge in [0.25, 0.3) is 0 Å². The van der Waals surface area contributed by atoms with Crippen LogP contribution in [0.15, 0.2) is 78.4 Å². The summed E-state index contributed by atoms with van der Waals surface area (Å²) in [5, 5.41) is 0. The van der Waals surface area contributed by atoms with Crippen molar-refractivity contribution in [3.63, 3.8) is 0 Å². The molecule has 218 valence electrons. The second-order valence-corrected chi connectivity index (χ2v) is 13.4. The summed E-state index contributed by atoms with van der Waals surface area (Å²) in [4.78, 5) is 0. The molecule has 0 N–H and O–H groups in total. The first-order valence-electron chi connectivity index (χ1n) is 15.9. The van der Waals surface area contributed by atoms with E-state index in [4.69, 9.17) is 4.74 Å². The van der Waals surface area contributed by atoms with Gasteiger partial charge < -0.3 is 4.74 Å². The second kappa shape index (κ2) is 13.3. The predicted molar refractivity (Wildman–Crippen MR) is 178 cm³/mol. The van der Waals surface area contributed by atoms with Gasteiger partial charge in [-0.25, -0.2) is 0 Å². The lowest BCUT2D eigenvalue weighted by Gasteiger charge is -2.36. The van der Waals surface area contributed by atoms with E-state index in [1.807, 2.05) is 0 Å². The van der Waals surface area contributed by atoms with Crippen LogP contribution in [0.1, 0.15) is 106 Å². The molecule has 2 unspecified atom stereocenters. The maximum atomic E-state index is 6.28. The summed E-state index contributed by atoms with van der Waals surface area (Å²) in [7, 11) is 0. The average Bonchev–Trinajstić information content (AvgIpc) is 3.16. The van der Waals surface area contributed by atoms with Gasteiger partial charge in [0.05, 0.1) is 12.0 Å². The van der Waals surface area contributed by atoms with Gasteiger partial charge in [-0.1, -0.05) is 126 Å². The molecule has 1 heteroatoms. The van der Waals surface area contributed by atoms with Crippen molar-refractivity contribution in [3.05, 3.63) is 117 Å². The molecular weight excluding hydrogens is 496 g/mol. The van der Waals surface area contributed by atoms with Crippen LogP contribution in [0.4, 0.5) is 0 Å². The van der Waals surface area contributed by atoms with Crippen LogP contribution < -0.4 is 4.74 Å². The summed E-state index contributed by atoms with van der Waals surface area (Å²) >= 11 is 0. The number of ether oxygens (including phenoxy) is 1. The Balaban J connectivity index is 1.74. The largest absolute Gasteiger partial charge is 0.494 e. The number of aryl methyl sites for hydroxylation is 3. The van der Waals surface area contributed by atoms with Gasteiger partial charge >= 0.3 is 0 Å². The molecule has 3 aromatic rings. The number of hydrogen-bond acceptors (Lipinski definition) is 1. The molecule has 1 aliphatic carbocycles. The molecule has 1 aliphatic rings. The van der Waals surface area contributed by atoms with Gasteiger partial charge in [0.2, 0.25) is 0 Å². The normalized spacial score (nSPS) is 17.6. The molecule has 0 aliphatic heterocycles. The number of rotatable bonds is 12. The molecular formula is C40H52O. The van der Waals surface area contributed by atoms with Crippen molar-refractivity contribution < 1.29 is 4.74 Å². The maximum absolute atomic E-state index is 6.28. The maximum Gasteiger partial charge on any atom is 0.119 e. The minimum absolute atomic E-state index is 0.350. The minimum atomic E-state index is -0.350. The van der Waals surface area contributed by atoms with E-state index in [0.717, 1.165) is 24.7 Å². The molecule has 0 spiro atoms. The van der Waals surface area contributed by atoms with Crippen molar-refractivity contribution in [3.8, 4) is 5.75 Å². The standard InChI is InChI=1S/C40H52O/c1-27(2)11-10-12-29(5)23-24-41-35-19-17-34(18-20-35)40(38-25-30(6)14-16-32(38)8)33(9)36(21-13-28(3)4)37-22-15-31(7)26-39(37)40/h13-22,25-29H,10-12,23-24H2,1-9H3/b21-13-. The third-order valence-electron chi connectivity index (χ3n) is 8.93. The first-order chi connectivity index (χ1) is 19.5. The molecule has 0 radical (unpaired) electrons. The van der Waals surface area contributed by atoms with Gasteiger partial charge in [-0.05, 0) is 103 Å². The van der Waals surface area contributed by atoms with Gasteiger partial charge in [-0.15, -0.1) is 0 Å². The molecule has 0 fully saturated rings. The lowest BCUT2D eigenvalue weighted by atomic mass is 9.65. The molecule has 0 saturated heterocycles. The van der Waals surface area contributed by atoms with E-state index in [-0.39, 0.29) is 5.41 Å². The number of benzene rings is 3. The van der Waals surface area contributed by atoms with Crippen LogP contribution in [-0.4, -0.2) is 6.61 Å². The Morgan fingerprint density at radius 3 is 2.05 bits per heavy atom. The van der Waals surface area contributed by atoms with Gasteiger partial charge in [0.1, 0.15) is 5.75 Å². The quantitative estimate of drug-likeness (QED) is 0.219. The van der Waals surface area contributed by atoms with Gasteiger partial charge in [-0.2, -0.15) is 0 Å². The van der Waals surface area contributed by atoms with Gasteiger partial charge in [0, 0.05) is 0 Å². The van der Waals surface area contributed by atoms with Crippen molar-refractivity contribution in [2.24, 2.45) is 17.8 Å². The highest BCUT2D eigenvalue weighted by Gasteiger charge is 2.46. The molecule has 0 aromatic heterocycles. The smallest absolute Gasteiger partial charge is 0.119 e. The highest BCUT2D eigenvalue weighted by molar-refractivity contribution is 5.90.